The highest BCUT2D eigenvalue weighted by Gasteiger charge is 2.54. The average Bonchev–Trinajstić information content (AvgIpc) is 2.80. The molecule has 1 heteroatoms. The summed E-state index contributed by atoms with van der Waals surface area (Å²) in [6, 6.07) is 36.5. The summed E-state index contributed by atoms with van der Waals surface area (Å²) in [6.07, 6.45) is 2.35. The van der Waals surface area contributed by atoms with Crippen molar-refractivity contribution in [1.82, 2.24) is 0 Å². The lowest BCUT2D eigenvalue weighted by atomic mass is 9.87. The molecule has 2 unspecified atom stereocenters. The van der Waals surface area contributed by atoms with E-state index in [0.717, 1.165) is 6.16 Å². The number of hydrogen-bond donors (Lipinski definition) is 0. The molecule has 0 fully saturated rings. The van der Waals surface area contributed by atoms with Crippen molar-refractivity contribution in [2.24, 2.45) is 0 Å². The molecule has 1 heterocycles. The maximum Gasteiger partial charge on any atom is 0.0998 e. The first-order valence-electron chi connectivity index (χ1n) is 10.7. The van der Waals surface area contributed by atoms with E-state index in [1.807, 2.05) is 0 Å². The Morgan fingerprint density at radius 3 is 1.93 bits per heavy atom. The van der Waals surface area contributed by atoms with Crippen molar-refractivity contribution in [3.05, 3.63) is 108 Å². The minimum atomic E-state index is -1.60. The van der Waals surface area contributed by atoms with Crippen LogP contribution in [0.4, 0.5) is 0 Å². The van der Waals surface area contributed by atoms with Gasteiger partial charge in [0.15, 0.2) is 0 Å². The molecule has 0 radical (unpaired) electrons. The van der Waals surface area contributed by atoms with E-state index in [-0.39, 0.29) is 0 Å². The fraction of sp³-hybridized carbons (Fsp3) is 0.214. The van der Waals surface area contributed by atoms with Crippen LogP contribution in [0, 0.1) is 0 Å². The van der Waals surface area contributed by atoms with Gasteiger partial charge in [0.05, 0.1) is 29.7 Å². The smallest absolute Gasteiger partial charge is 0.0646 e. The normalized spacial score (nSPS) is 20.3. The molecule has 1 aliphatic rings. The van der Waals surface area contributed by atoms with Crippen LogP contribution in [0.3, 0.4) is 0 Å². The van der Waals surface area contributed by atoms with Gasteiger partial charge in [-0.15, -0.1) is 0 Å². The summed E-state index contributed by atoms with van der Waals surface area (Å²) in [5.74, 6) is 0.595. The second kappa shape index (κ2) is 7.43. The van der Waals surface area contributed by atoms with E-state index in [2.05, 4.69) is 111 Å². The van der Waals surface area contributed by atoms with E-state index in [4.69, 9.17) is 0 Å². The van der Waals surface area contributed by atoms with Gasteiger partial charge in [-0.25, -0.2) is 0 Å². The van der Waals surface area contributed by atoms with Gasteiger partial charge in [-0.2, -0.15) is 0 Å². The highest BCUT2D eigenvalue weighted by atomic mass is 31.2. The topological polar surface area (TPSA) is 0 Å². The lowest BCUT2D eigenvalue weighted by Crippen LogP contribution is -2.38. The molecule has 0 spiro atoms. The highest BCUT2D eigenvalue weighted by Crippen LogP contribution is 2.70. The minimum Gasteiger partial charge on any atom is -0.0646 e. The Morgan fingerprint density at radius 2 is 1.31 bits per heavy atom. The van der Waals surface area contributed by atoms with Crippen LogP contribution in [0.15, 0.2) is 97.1 Å². The van der Waals surface area contributed by atoms with Crippen molar-refractivity contribution in [2.45, 2.75) is 38.0 Å². The third-order valence-electron chi connectivity index (χ3n) is 7.04. The molecule has 0 saturated heterocycles. The first-order valence-corrected chi connectivity index (χ1v) is 12.8. The van der Waals surface area contributed by atoms with Crippen LogP contribution in [-0.2, 0) is 6.16 Å². The molecule has 29 heavy (non-hydrogen) atoms. The van der Waals surface area contributed by atoms with Crippen LogP contribution in [0.5, 0.6) is 0 Å². The summed E-state index contributed by atoms with van der Waals surface area (Å²) in [5, 5.41) is 5.92. The fourth-order valence-electron chi connectivity index (χ4n) is 5.59. The number of benzene rings is 4. The standard InChI is InChI=1S/C28H28P/c1-3-25-21(2)29(23-13-6-4-7-14-23,24-15-8-5-9-16-24)20-28-26-17-11-10-12-22(26)18-19-27(25)28/h4-19,21,25H,3,20H2,1-2H3/q+1. The summed E-state index contributed by atoms with van der Waals surface area (Å²) in [6.45, 7) is 4.90. The van der Waals surface area contributed by atoms with Gasteiger partial charge in [-0.3, -0.25) is 0 Å². The van der Waals surface area contributed by atoms with Gasteiger partial charge in [0, 0.05) is 11.5 Å². The molecule has 5 rings (SSSR count). The van der Waals surface area contributed by atoms with Gasteiger partial charge in [-0.1, -0.05) is 79.7 Å². The van der Waals surface area contributed by atoms with Crippen LogP contribution >= 0.6 is 7.26 Å². The van der Waals surface area contributed by atoms with Crippen molar-refractivity contribution in [1.29, 1.82) is 0 Å². The van der Waals surface area contributed by atoms with Gasteiger partial charge in [0.1, 0.15) is 0 Å². The first kappa shape index (κ1) is 18.6. The zero-order chi connectivity index (χ0) is 19.8. The summed E-state index contributed by atoms with van der Waals surface area (Å²) < 4.78 is 0. The Kier molecular flexibility index (Phi) is 4.76. The lowest BCUT2D eigenvalue weighted by molar-refractivity contribution is 0.633. The fourth-order valence-corrected chi connectivity index (χ4v) is 10.7. The molecule has 0 aliphatic carbocycles. The van der Waals surface area contributed by atoms with Crippen LogP contribution in [0.2, 0.25) is 0 Å². The Balaban J connectivity index is 1.84. The molecular formula is C28H28P+. The lowest BCUT2D eigenvalue weighted by Gasteiger charge is -2.42. The van der Waals surface area contributed by atoms with Gasteiger partial charge in [-0.05, 0) is 53.9 Å². The van der Waals surface area contributed by atoms with E-state index in [1.54, 1.807) is 21.7 Å². The second-order valence-electron chi connectivity index (χ2n) is 8.31. The molecular weight excluding hydrogens is 367 g/mol. The molecule has 0 saturated carbocycles. The first-order chi connectivity index (χ1) is 14.3. The van der Waals surface area contributed by atoms with Crippen molar-refractivity contribution in [2.75, 3.05) is 0 Å². The van der Waals surface area contributed by atoms with Crippen molar-refractivity contribution in [3.63, 3.8) is 0 Å². The Hall–Kier alpha value is -2.43. The van der Waals surface area contributed by atoms with E-state index in [9.17, 15) is 0 Å². The van der Waals surface area contributed by atoms with E-state index in [1.165, 1.54) is 17.2 Å². The summed E-state index contributed by atoms with van der Waals surface area (Å²) in [7, 11) is -1.60. The molecule has 2 atom stereocenters. The van der Waals surface area contributed by atoms with Crippen molar-refractivity contribution < 1.29 is 0 Å². The highest BCUT2D eigenvalue weighted by molar-refractivity contribution is 7.89. The molecule has 1 aliphatic heterocycles. The van der Waals surface area contributed by atoms with Gasteiger partial charge >= 0.3 is 0 Å². The van der Waals surface area contributed by atoms with Crippen LogP contribution in [0.25, 0.3) is 10.8 Å². The van der Waals surface area contributed by atoms with Crippen molar-refractivity contribution >= 4 is 28.6 Å². The SMILES string of the molecule is CCC1c2ccc3ccccc3c2C[P+](c2ccccc2)(c2ccccc2)C1C. The minimum absolute atomic E-state index is 0.595. The molecule has 0 N–H and O–H groups in total. The number of rotatable bonds is 3. The molecule has 4 aromatic rings. The third-order valence-corrected chi connectivity index (χ3v) is 12.0. The largest absolute Gasteiger partial charge is 0.0998 e. The maximum absolute atomic E-state index is 2.53. The summed E-state index contributed by atoms with van der Waals surface area (Å²) >= 11 is 0. The summed E-state index contributed by atoms with van der Waals surface area (Å²) in [4.78, 5) is 0. The monoisotopic (exact) mass is 395 g/mol. The average molecular weight is 396 g/mol. The molecule has 144 valence electrons. The third kappa shape index (κ3) is 2.85. The maximum atomic E-state index is 2.53. The Bertz CT molecular complexity index is 1090. The predicted octanol–water partition coefficient (Wildman–Crippen LogP) is 6.90. The molecule has 0 nitrogen and oxygen atoms in total. The Labute approximate surface area is 174 Å². The summed E-state index contributed by atoms with van der Waals surface area (Å²) in [5.41, 5.74) is 3.81. The zero-order valence-corrected chi connectivity index (χ0v) is 18.1. The van der Waals surface area contributed by atoms with Crippen LogP contribution in [-0.4, -0.2) is 5.66 Å². The number of hydrogen-bond acceptors (Lipinski definition) is 0. The van der Waals surface area contributed by atoms with E-state index >= 15 is 0 Å². The van der Waals surface area contributed by atoms with Crippen molar-refractivity contribution in [3.8, 4) is 0 Å². The van der Waals surface area contributed by atoms with E-state index in [0.29, 0.717) is 11.6 Å². The van der Waals surface area contributed by atoms with Gasteiger partial charge in [0.25, 0.3) is 0 Å². The van der Waals surface area contributed by atoms with Crippen LogP contribution < -0.4 is 10.6 Å². The quantitative estimate of drug-likeness (QED) is 0.331. The van der Waals surface area contributed by atoms with Gasteiger partial charge in [0.2, 0.25) is 0 Å². The molecule has 4 aromatic carbocycles. The molecule has 0 aromatic heterocycles. The van der Waals surface area contributed by atoms with Gasteiger partial charge < -0.3 is 0 Å². The Morgan fingerprint density at radius 1 is 0.724 bits per heavy atom. The molecule has 0 amide bonds. The molecule has 0 bridgehead atoms. The van der Waals surface area contributed by atoms with Crippen LogP contribution in [0.1, 0.15) is 37.3 Å². The predicted molar refractivity (Wildman–Crippen MR) is 129 cm³/mol. The zero-order valence-electron chi connectivity index (χ0n) is 17.3. The second-order valence-corrected chi connectivity index (χ2v) is 12.2. The van der Waals surface area contributed by atoms with E-state index < -0.39 is 7.26 Å². The number of fused-ring (bicyclic) bond motifs is 3.